The second-order valence-corrected chi connectivity index (χ2v) is 17.3. The average molecular weight is 987 g/mol. The van der Waals surface area contributed by atoms with Gasteiger partial charge in [0.15, 0.2) is 46.3 Å². The SMILES string of the molecule is COc1cc(OC)c(F)c(N2Cc3cnc(NCC(O)C(C)O)nc3N(C3CCCC3)C2=O)c1F.COc1cc(OC)c(F)c(N2Cc3cnc(NCC(O)C(C)O)nc3N(C3CCCC3)C2=O)c1F. The van der Waals surface area contributed by atoms with Crippen LogP contribution in [-0.4, -0.2) is 130 Å². The van der Waals surface area contributed by atoms with Gasteiger partial charge in [0.25, 0.3) is 0 Å². The number of rotatable bonds is 16. The predicted octanol–water partition coefficient (Wildman–Crippen LogP) is 5.63. The fraction of sp³-hybridized carbons (Fsp3) is 0.522. The monoisotopic (exact) mass is 986 g/mol. The van der Waals surface area contributed by atoms with E-state index in [1.54, 1.807) is 0 Å². The van der Waals surface area contributed by atoms with Crippen molar-refractivity contribution in [3.8, 4) is 23.0 Å². The fourth-order valence-corrected chi connectivity index (χ4v) is 8.81. The zero-order valence-electron chi connectivity index (χ0n) is 39.6. The van der Waals surface area contributed by atoms with E-state index in [9.17, 15) is 30.0 Å². The molecule has 20 nitrogen and oxygen atoms in total. The number of methoxy groups -OCH3 is 4. The van der Waals surface area contributed by atoms with Crippen LogP contribution in [0.4, 0.5) is 62.1 Å². The zero-order valence-corrected chi connectivity index (χ0v) is 39.6. The topological polar surface area (TPSA) is 241 Å². The fourth-order valence-electron chi connectivity index (χ4n) is 8.81. The minimum absolute atomic E-state index is 0.0000195. The van der Waals surface area contributed by atoms with Gasteiger partial charge >= 0.3 is 12.1 Å². The van der Waals surface area contributed by atoms with Crippen molar-refractivity contribution in [2.45, 2.75) is 115 Å². The van der Waals surface area contributed by atoms with Crippen LogP contribution in [0.25, 0.3) is 0 Å². The molecule has 2 saturated carbocycles. The summed E-state index contributed by atoms with van der Waals surface area (Å²) < 4.78 is 81.3. The first-order chi connectivity index (χ1) is 33.5. The number of nitrogens with zero attached hydrogens (tertiary/aromatic N) is 8. The number of nitrogens with one attached hydrogen (secondary N) is 2. The van der Waals surface area contributed by atoms with Crippen LogP contribution < -0.4 is 49.2 Å². The summed E-state index contributed by atoms with van der Waals surface area (Å²) in [6.07, 6.45) is 5.53. The van der Waals surface area contributed by atoms with Gasteiger partial charge in [-0.1, -0.05) is 25.7 Å². The van der Waals surface area contributed by atoms with E-state index in [1.807, 2.05) is 0 Å². The van der Waals surface area contributed by atoms with Crippen LogP contribution in [0.2, 0.25) is 0 Å². The summed E-state index contributed by atoms with van der Waals surface area (Å²) in [5.41, 5.74) is -0.137. The van der Waals surface area contributed by atoms with E-state index in [-0.39, 0.29) is 73.2 Å². The number of hydrogen-bond donors (Lipinski definition) is 6. The number of aromatic nitrogens is 4. The molecule has 2 aromatic heterocycles. The molecule has 2 aliphatic carbocycles. The van der Waals surface area contributed by atoms with E-state index in [0.717, 1.165) is 73.3 Å². The number of amides is 4. The highest BCUT2D eigenvalue weighted by molar-refractivity contribution is 6.07. The van der Waals surface area contributed by atoms with Gasteiger partial charge in [0, 0.05) is 60.8 Å². The second-order valence-electron chi connectivity index (χ2n) is 17.3. The third-order valence-corrected chi connectivity index (χ3v) is 12.7. The van der Waals surface area contributed by atoms with E-state index in [4.69, 9.17) is 18.9 Å². The highest BCUT2D eigenvalue weighted by Gasteiger charge is 2.43. The summed E-state index contributed by atoms with van der Waals surface area (Å²) in [6.45, 7) is 2.58. The molecule has 0 saturated heterocycles. The molecule has 0 radical (unpaired) electrons. The van der Waals surface area contributed by atoms with Gasteiger partial charge in [0.1, 0.15) is 23.0 Å². The van der Waals surface area contributed by atoms with Crippen LogP contribution in [0.3, 0.4) is 0 Å². The van der Waals surface area contributed by atoms with Gasteiger partial charge in [-0.2, -0.15) is 9.97 Å². The minimum atomic E-state index is -1.04. The lowest BCUT2D eigenvalue weighted by Crippen LogP contribution is -2.52. The number of aliphatic hydroxyl groups excluding tert-OH is 4. The van der Waals surface area contributed by atoms with Gasteiger partial charge in [-0.3, -0.25) is 19.6 Å². The molecule has 4 amide bonds. The Hall–Kier alpha value is -6.50. The quantitative estimate of drug-likeness (QED) is 0.0746. The number of fused-ring (bicyclic) bond motifs is 2. The summed E-state index contributed by atoms with van der Waals surface area (Å²) in [7, 11) is 4.98. The molecule has 380 valence electrons. The number of carbonyl (C=O) groups is 2. The smallest absolute Gasteiger partial charge is 0.330 e. The number of halogens is 4. The summed E-state index contributed by atoms with van der Waals surface area (Å²) in [4.78, 5) is 49.9. The van der Waals surface area contributed by atoms with Crippen LogP contribution in [0, 0.1) is 23.3 Å². The normalized spacial score (nSPS) is 17.9. The van der Waals surface area contributed by atoms with Gasteiger partial charge in [0.2, 0.25) is 11.9 Å². The molecule has 0 bridgehead atoms. The largest absolute Gasteiger partial charge is 0.493 e. The first kappa shape index (κ1) is 51.4. The van der Waals surface area contributed by atoms with Crippen LogP contribution in [-0.2, 0) is 13.1 Å². The molecule has 6 N–H and O–H groups in total. The molecule has 70 heavy (non-hydrogen) atoms. The van der Waals surface area contributed by atoms with Crippen LogP contribution >= 0.6 is 0 Å². The van der Waals surface area contributed by atoms with Crippen molar-refractivity contribution < 1.29 is 66.5 Å². The maximum absolute atomic E-state index is 15.3. The van der Waals surface area contributed by atoms with E-state index in [1.165, 1.54) is 64.5 Å². The maximum atomic E-state index is 15.3. The molecule has 24 heteroatoms. The minimum Gasteiger partial charge on any atom is -0.493 e. The number of urea groups is 2. The van der Waals surface area contributed by atoms with Crippen LogP contribution in [0.1, 0.15) is 76.3 Å². The van der Waals surface area contributed by atoms with Crippen molar-refractivity contribution in [2.24, 2.45) is 0 Å². The number of ether oxygens (including phenoxy) is 4. The molecule has 8 rings (SSSR count). The predicted molar refractivity (Wildman–Crippen MR) is 248 cm³/mol. The molecular weight excluding hydrogens is 929 g/mol. The third kappa shape index (κ3) is 10.3. The molecule has 4 aromatic rings. The van der Waals surface area contributed by atoms with E-state index >= 15 is 17.6 Å². The number of hydrogen-bond acceptors (Lipinski definition) is 16. The number of benzene rings is 2. The molecule has 4 unspecified atom stereocenters. The van der Waals surface area contributed by atoms with Crippen LogP contribution in [0.5, 0.6) is 23.0 Å². The lowest BCUT2D eigenvalue weighted by atomic mass is 10.1. The molecule has 4 atom stereocenters. The Morgan fingerprint density at radius 3 is 1.19 bits per heavy atom. The van der Waals surface area contributed by atoms with Crippen LogP contribution in [0.15, 0.2) is 24.5 Å². The summed E-state index contributed by atoms with van der Waals surface area (Å²) in [5.74, 6) is -4.06. The Morgan fingerprint density at radius 2 is 0.900 bits per heavy atom. The maximum Gasteiger partial charge on any atom is 0.330 e. The molecule has 2 fully saturated rings. The Labute approximate surface area is 401 Å². The Bertz CT molecular complexity index is 2310. The second kappa shape index (κ2) is 22.1. The Morgan fingerprint density at radius 1 is 0.586 bits per heavy atom. The number of aliphatic hydroxyl groups is 4. The molecular formula is C46H58F4N10O10. The molecule has 2 aromatic carbocycles. The highest BCUT2D eigenvalue weighted by Crippen LogP contribution is 2.44. The van der Waals surface area contributed by atoms with Gasteiger partial charge < -0.3 is 50.0 Å². The number of anilines is 6. The summed E-state index contributed by atoms with van der Waals surface area (Å²) in [6, 6.07) is 0.543. The van der Waals surface area contributed by atoms with Crippen molar-refractivity contribution in [1.29, 1.82) is 0 Å². The Kier molecular flexibility index (Phi) is 16.2. The number of carbonyl (C=O) groups excluding carboxylic acids is 2. The molecule has 0 spiro atoms. The molecule has 2 aliphatic heterocycles. The summed E-state index contributed by atoms with van der Waals surface area (Å²) in [5, 5.41) is 44.4. The lowest BCUT2D eigenvalue weighted by Gasteiger charge is -2.39. The van der Waals surface area contributed by atoms with E-state index in [2.05, 4.69) is 30.6 Å². The van der Waals surface area contributed by atoms with Crippen molar-refractivity contribution in [3.05, 3.63) is 58.9 Å². The molecule has 4 heterocycles. The van der Waals surface area contributed by atoms with Gasteiger partial charge in [-0.05, 0) is 39.5 Å². The van der Waals surface area contributed by atoms with Crippen molar-refractivity contribution in [1.82, 2.24) is 19.9 Å². The molecule has 4 aliphatic rings. The highest BCUT2D eigenvalue weighted by atomic mass is 19.1. The van der Waals surface area contributed by atoms with Crippen molar-refractivity contribution in [2.75, 3.05) is 71.8 Å². The standard InChI is InChI=1S/2C23H29F2N5O5/c2*1-12(31)15(32)10-27-22-26-9-13-11-29(20-18(24)16(34-2)8-17(35-3)19(20)25)23(33)30(21(13)28-22)14-6-4-5-7-14/h2*8-9,12,14-15,31-32H,4-7,10-11H2,1-3H3,(H,26,27,28). The first-order valence-electron chi connectivity index (χ1n) is 22.9. The Balaban J connectivity index is 0.000000206. The van der Waals surface area contributed by atoms with Gasteiger partial charge in [-0.25, -0.2) is 37.1 Å². The zero-order chi connectivity index (χ0) is 50.6. The van der Waals surface area contributed by atoms with Gasteiger partial charge in [-0.15, -0.1) is 0 Å². The van der Waals surface area contributed by atoms with E-state index < -0.39 is 71.1 Å². The van der Waals surface area contributed by atoms with E-state index in [0.29, 0.717) is 22.8 Å². The lowest BCUT2D eigenvalue weighted by molar-refractivity contribution is 0.0399. The van der Waals surface area contributed by atoms with Crippen molar-refractivity contribution >= 4 is 47.0 Å². The van der Waals surface area contributed by atoms with Gasteiger partial charge in [0.05, 0.1) is 65.9 Å². The average Bonchev–Trinajstić information content (AvgIpc) is 4.09. The van der Waals surface area contributed by atoms with Crippen molar-refractivity contribution in [3.63, 3.8) is 0 Å². The first-order valence-corrected chi connectivity index (χ1v) is 22.9. The third-order valence-electron chi connectivity index (χ3n) is 12.7. The summed E-state index contributed by atoms with van der Waals surface area (Å²) >= 11 is 0.